The maximum absolute atomic E-state index is 12.8. The van der Waals surface area contributed by atoms with Crippen LogP contribution in [0.3, 0.4) is 0 Å². The van der Waals surface area contributed by atoms with E-state index in [1.54, 1.807) is 4.90 Å². The predicted octanol–water partition coefficient (Wildman–Crippen LogP) is 2.81. The molecule has 1 aliphatic rings. The van der Waals surface area contributed by atoms with E-state index in [1.807, 2.05) is 55.5 Å². The number of rotatable bonds is 5. The Morgan fingerprint density at radius 2 is 1.88 bits per heavy atom. The van der Waals surface area contributed by atoms with Crippen LogP contribution in [0.15, 0.2) is 48.5 Å². The number of anilines is 1. The minimum Gasteiger partial charge on any atom is -0.494 e. The first-order valence-corrected chi connectivity index (χ1v) is 7.99. The summed E-state index contributed by atoms with van der Waals surface area (Å²) in [5.74, 6) is 0.483. The van der Waals surface area contributed by atoms with Gasteiger partial charge >= 0.3 is 0 Å². The van der Waals surface area contributed by atoms with E-state index in [2.05, 4.69) is 5.32 Å². The number of nitrogens with zero attached hydrogens (tertiary/aromatic N) is 1. The molecule has 1 atom stereocenters. The summed E-state index contributed by atoms with van der Waals surface area (Å²) in [6.07, 6.45) is 0. The van der Waals surface area contributed by atoms with E-state index >= 15 is 0 Å². The molecular formula is C19H20N2O3. The predicted molar refractivity (Wildman–Crippen MR) is 91.8 cm³/mol. The topological polar surface area (TPSA) is 58.6 Å². The molecule has 124 valence electrons. The Morgan fingerprint density at radius 1 is 1.17 bits per heavy atom. The molecule has 0 spiro atoms. The zero-order valence-corrected chi connectivity index (χ0v) is 13.8. The molecule has 5 nitrogen and oxygen atoms in total. The second kappa shape index (κ2) is 6.74. The van der Waals surface area contributed by atoms with Gasteiger partial charge in [0.2, 0.25) is 5.91 Å². The largest absolute Gasteiger partial charge is 0.494 e. The lowest BCUT2D eigenvalue weighted by molar-refractivity contribution is -0.126. The third-order valence-corrected chi connectivity index (χ3v) is 3.97. The molecule has 1 N–H and O–H groups in total. The van der Waals surface area contributed by atoms with E-state index in [0.29, 0.717) is 13.2 Å². The maximum Gasteiger partial charge on any atom is 0.254 e. The lowest BCUT2D eigenvalue weighted by Gasteiger charge is -2.18. The van der Waals surface area contributed by atoms with Gasteiger partial charge in [0, 0.05) is 18.2 Å². The Hall–Kier alpha value is -2.82. The number of carbonyl (C=O) groups is 2. The molecule has 0 aliphatic carbocycles. The van der Waals surface area contributed by atoms with Crippen molar-refractivity contribution >= 4 is 17.5 Å². The van der Waals surface area contributed by atoms with Crippen LogP contribution >= 0.6 is 0 Å². The van der Waals surface area contributed by atoms with Crippen molar-refractivity contribution in [3.05, 3.63) is 59.7 Å². The van der Waals surface area contributed by atoms with E-state index < -0.39 is 6.04 Å². The van der Waals surface area contributed by atoms with Crippen LogP contribution in [-0.4, -0.2) is 18.4 Å². The van der Waals surface area contributed by atoms with Gasteiger partial charge in [0.15, 0.2) is 0 Å². The third kappa shape index (κ3) is 3.11. The Bertz CT molecular complexity index is 755. The lowest BCUT2D eigenvalue weighted by Crippen LogP contribution is -2.36. The van der Waals surface area contributed by atoms with Gasteiger partial charge in [-0.3, -0.25) is 9.59 Å². The standard InChI is InChI=1S/C19H20N2O3/c1-3-24-15-10-8-14(9-11-15)12-21-17-7-5-4-6-16(17)18(19(21)23)20-13(2)22/h4-11,18H,3,12H2,1-2H3,(H,20,22). The summed E-state index contributed by atoms with van der Waals surface area (Å²) in [6.45, 7) is 4.44. The van der Waals surface area contributed by atoms with Crippen molar-refractivity contribution in [3.8, 4) is 5.75 Å². The van der Waals surface area contributed by atoms with Gasteiger partial charge in [-0.1, -0.05) is 30.3 Å². The maximum atomic E-state index is 12.8. The fraction of sp³-hybridized carbons (Fsp3) is 0.263. The molecule has 5 heteroatoms. The highest BCUT2D eigenvalue weighted by Crippen LogP contribution is 2.36. The van der Waals surface area contributed by atoms with Crippen molar-refractivity contribution in [2.45, 2.75) is 26.4 Å². The quantitative estimate of drug-likeness (QED) is 0.920. The summed E-state index contributed by atoms with van der Waals surface area (Å²) in [5.41, 5.74) is 2.68. The van der Waals surface area contributed by atoms with Gasteiger partial charge in [-0.2, -0.15) is 0 Å². The Balaban J connectivity index is 1.85. The second-order valence-electron chi connectivity index (χ2n) is 5.69. The minimum atomic E-state index is -0.610. The molecule has 1 unspecified atom stereocenters. The molecule has 2 aromatic carbocycles. The lowest BCUT2D eigenvalue weighted by atomic mass is 10.1. The fourth-order valence-corrected chi connectivity index (χ4v) is 2.93. The summed E-state index contributed by atoms with van der Waals surface area (Å²) < 4.78 is 5.44. The van der Waals surface area contributed by atoms with Gasteiger partial charge in [0.05, 0.1) is 13.2 Å². The average Bonchev–Trinajstić information content (AvgIpc) is 2.82. The molecule has 0 saturated carbocycles. The number of ether oxygens (including phenoxy) is 1. The molecule has 0 fully saturated rings. The summed E-state index contributed by atoms with van der Waals surface area (Å²) in [6, 6.07) is 14.7. The van der Waals surface area contributed by atoms with E-state index in [4.69, 9.17) is 4.74 Å². The van der Waals surface area contributed by atoms with E-state index in [0.717, 1.165) is 22.6 Å². The van der Waals surface area contributed by atoms with E-state index in [9.17, 15) is 9.59 Å². The van der Waals surface area contributed by atoms with Crippen LogP contribution < -0.4 is 15.0 Å². The van der Waals surface area contributed by atoms with Crippen LogP contribution in [0.5, 0.6) is 5.75 Å². The van der Waals surface area contributed by atoms with Crippen LogP contribution in [0.2, 0.25) is 0 Å². The summed E-state index contributed by atoms with van der Waals surface area (Å²) in [4.78, 5) is 25.9. The third-order valence-electron chi connectivity index (χ3n) is 3.97. The molecule has 2 amide bonds. The molecule has 0 bridgehead atoms. The summed E-state index contributed by atoms with van der Waals surface area (Å²) in [5, 5.41) is 2.74. The van der Waals surface area contributed by atoms with E-state index in [-0.39, 0.29) is 11.8 Å². The molecule has 0 saturated heterocycles. The van der Waals surface area contributed by atoms with Gasteiger partial charge < -0.3 is 15.0 Å². The van der Waals surface area contributed by atoms with Gasteiger partial charge in [0.25, 0.3) is 5.91 Å². The molecular weight excluding hydrogens is 304 g/mol. The van der Waals surface area contributed by atoms with Crippen LogP contribution in [0.4, 0.5) is 5.69 Å². The van der Waals surface area contributed by atoms with Crippen molar-refractivity contribution in [1.29, 1.82) is 0 Å². The minimum absolute atomic E-state index is 0.111. The van der Waals surface area contributed by atoms with Gasteiger partial charge in [-0.05, 0) is 30.7 Å². The number of benzene rings is 2. The first kappa shape index (κ1) is 16.1. The number of nitrogens with one attached hydrogen (secondary N) is 1. The summed E-state index contributed by atoms with van der Waals surface area (Å²) >= 11 is 0. The van der Waals surface area contributed by atoms with Crippen LogP contribution in [0, 0.1) is 0 Å². The number of amides is 2. The zero-order valence-electron chi connectivity index (χ0n) is 13.8. The van der Waals surface area contributed by atoms with Crippen molar-refractivity contribution < 1.29 is 14.3 Å². The Kier molecular flexibility index (Phi) is 4.51. The number of hydrogen-bond donors (Lipinski definition) is 1. The number of carbonyl (C=O) groups excluding carboxylic acids is 2. The normalized spacial score (nSPS) is 16.0. The SMILES string of the molecule is CCOc1ccc(CN2C(=O)C(NC(C)=O)c3ccccc32)cc1. The molecule has 1 heterocycles. The molecule has 2 aromatic rings. The highest BCUT2D eigenvalue weighted by molar-refractivity contribution is 6.06. The average molecular weight is 324 g/mol. The van der Waals surface area contributed by atoms with Crippen molar-refractivity contribution in [3.63, 3.8) is 0 Å². The van der Waals surface area contributed by atoms with Crippen LogP contribution in [0.1, 0.15) is 31.0 Å². The monoisotopic (exact) mass is 324 g/mol. The molecule has 0 radical (unpaired) electrons. The number of para-hydroxylation sites is 1. The summed E-state index contributed by atoms with van der Waals surface area (Å²) in [7, 11) is 0. The van der Waals surface area contributed by atoms with Crippen LogP contribution in [-0.2, 0) is 16.1 Å². The number of hydrogen-bond acceptors (Lipinski definition) is 3. The van der Waals surface area contributed by atoms with Crippen molar-refractivity contribution in [2.24, 2.45) is 0 Å². The van der Waals surface area contributed by atoms with Gasteiger partial charge in [-0.25, -0.2) is 0 Å². The van der Waals surface area contributed by atoms with Crippen molar-refractivity contribution in [2.75, 3.05) is 11.5 Å². The highest BCUT2D eigenvalue weighted by Gasteiger charge is 2.37. The van der Waals surface area contributed by atoms with Gasteiger partial charge in [-0.15, -0.1) is 0 Å². The first-order valence-electron chi connectivity index (χ1n) is 7.99. The van der Waals surface area contributed by atoms with Gasteiger partial charge in [0.1, 0.15) is 11.8 Å². The van der Waals surface area contributed by atoms with Crippen molar-refractivity contribution in [1.82, 2.24) is 5.32 Å². The fourth-order valence-electron chi connectivity index (χ4n) is 2.93. The molecule has 1 aliphatic heterocycles. The zero-order chi connectivity index (χ0) is 17.1. The second-order valence-corrected chi connectivity index (χ2v) is 5.69. The molecule has 3 rings (SSSR count). The van der Waals surface area contributed by atoms with Crippen LogP contribution in [0.25, 0.3) is 0 Å². The van der Waals surface area contributed by atoms with E-state index in [1.165, 1.54) is 6.92 Å². The Labute approximate surface area is 141 Å². The number of fused-ring (bicyclic) bond motifs is 1. The first-order chi connectivity index (χ1) is 11.6. The smallest absolute Gasteiger partial charge is 0.254 e. The highest BCUT2D eigenvalue weighted by atomic mass is 16.5. The Morgan fingerprint density at radius 3 is 2.54 bits per heavy atom. The molecule has 24 heavy (non-hydrogen) atoms. The molecule has 0 aromatic heterocycles.